The van der Waals surface area contributed by atoms with Crippen molar-refractivity contribution in [3.05, 3.63) is 41.6 Å². The number of fused-ring (bicyclic) bond motifs is 1. The highest BCUT2D eigenvalue weighted by Gasteiger charge is 2.22. The van der Waals surface area contributed by atoms with E-state index in [-0.39, 0.29) is 24.4 Å². The van der Waals surface area contributed by atoms with Gasteiger partial charge in [-0.15, -0.1) is 0 Å². The first-order chi connectivity index (χ1) is 16.2. The number of aromatic nitrogens is 3. The van der Waals surface area contributed by atoms with Gasteiger partial charge in [-0.1, -0.05) is 0 Å². The fraction of sp³-hybridized carbons (Fsp3) is 0.318. The van der Waals surface area contributed by atoms with Crippen molar-refractivity contribution in [3.8, 4) is 0 Å². The zero-order valence-corrected chi connectivity index (χ0v) is 18.6. The van der Waals surface area contributed by atoms with E-state index in [4.69, 9.17) is 16.6 Å². The Morgan fingerprint density at radius 2 is 1.85 bits per heavy atom. The molecule has 1 atom stereocenters. The molecule has 0 bridgehead atoms. The summed E-state index contributed by atoms with van der Waals surface area (Å²) < 4.78 is 0. The third-order valence-electron chi connectivity index (χ3n) is 5.44. The summed E-state index contributed by atoms with van der Waals surface area (Å²) in [5.41, 5.74) is 14.4. The van der Waals surface area contributed by atoms with Crippen LogP contribution in [0.15, 0.2) is 30.5 Å². The minimum Gasteiger partial charge on any atom is -0.481 e. The summed E-state index contributed by atoms with van der Waals surface area (Å²) in [6.07, 6.45) is 1.94. The van der Waals surface area contributed by atoms with Crippen LogP contribution in [-0.2, 0) is 16.0 Å². The van der Waals surface area contributed by atoms with Gasteiger partial charge in [-0.05, 0) is 49.6 Å². The molecule has 0 fully saturated rings. The molecule has 0 aliphatic heterocycles. The van der Waals surface area contributed by atoms with Crippen LogP contribution < -0.4 is 21.7 Å². The molecular formula is C22H27N7O5. The summed E-state index contributed by atoms with van der Waals surface area (Å²) >= 11 is 0. The lowest BCUT2D eigenvalue weighted by atomic mass is 10.1. The Kier molecular flexibility index (Phi) is 7.51. The number of hydrogen-bond acceptors (Lipinski definition) is 8. The van der Waals surface area contributed by atoms with Crippen LogP contribution in [0.5, 0.6) is 0 Å². The molecule has 0 aliphatic rings. The molecule has 0 aliphatic carbocycles. The number of nitrogens with two attached hydrogens (primary N) is 2. The van der Waals surface area contributed by atoms with Gasteiger partial charge in [0.15, 0.2) is 0 Å². The number of anilines is 3. The molecule has 1 amide bonds. The van der Waals surface area contributed by atoms with Crippen LogP contribution in [0.2, 0.25) is 0 Å². The van der Waals surface area contributed by atoms with Gasteiger partial charge in [0.05, 0.1) is 5.39 Å². The van der Waals surface area contributed by atoms with E-state index in [2.05, 4.69) is 25.2 Å². The SMILES string of the molecule is CCN(CCc1c[nH]c2nc(N)nc(N)c12)c1ccc(C(=O)N[C@@H](CCC(=O)O)C(=O)O)cc1. The lowest BCUT2D eigenvalue weighted by molar-refractivity contribution is -0.140. The number of benzene rings is 1. The quantitative estimate of drug-likeness (QED) is 0.237. The van der Waals surface area contributed by atoms with Gasteiger partial charge in [-0.25, -0.2) is 4.79 Å². The summed E-state index contributed by atoms with van der Waals surface area (Å²) in [4.78, 5) is 47.8. The molecular weight excluding hydrogens is 442 g/mol. The van der Waals surface area contributed by atoms with Gasteiger partial charge in [0.1, 0.15) is 17.5 Å². The summed E-state index contributed by atoms with van der Waals surface area (Å²) in [7, 11) is 0. The van der Waals surface area contributed by atoms with Crippen molar-refractivity contribution in [1.29, 1.82) is 0 Å². The van der Waals surface area contributed by atoms with Crippen molar-refractivity contribution in [2.45, 2.75) is 32.2 Å². The number of aromatic amines is 1. The van der Waals surface area contributed by atoms with Crippen molar-refractivity contribution in [2.24, 2.45) is 0 Å². The molecule has 8 N–H and O–H groups in total. The van der Waals surface area contributed by atoms with Gasteiger partial charge >= 0.3 is 11.9 Å². The van der Waals surface area contributed by atoms with Crippen LogP contribution in [0.4, 0.5) is 17.5 Å². The Morgan fingerprint density at radius 3 is 2.47 bits per heavy atom. The number of rotatable bonds is 11. The maximum Gasteiger partial charge on any atom is 0.326 e. The number of H-pyrrole nitrogens is 1. The minimum absolute atomic E-state index is 0.106. The van der Waals surface area contributed by atoms with E-state index in [0.29, 0.717) is 31.0 Å². The topological polar surface area (TPSA) is 201 Å². The number of likely N-dealkylation sites (N-methyl/N-ethyl adjacent to an activating group) is 1. The minimum atomic E-state index is -1.28. The summed E-state index contributed by atoms with van der Waals surface area (Å²) in [5, 5.41) is 21.1. The lowest BCUT2D eigenvalue weighted by Crippen LogP contribution is -2.41. The van der Waals surface area contributed by atoms with Gasteiger partial charge in [0, 0.05) is 37.0 Å². The second-order valence-electron chi connectivity index (χ2n) is 7.68. The molecule has 0 unspecified atom stereocenters. The van der Waals surface area contributed by atoms with Crippen LogP contribution in [0.1, 0.15) is 35.7 Å². The number of nitrogens with one attached hydrogen (secondary N) is 2. The fourth-order valence-electron chi connectivity index (χ4n) is 3.66. The van der Waals surface area contributed by atoms with E-state index >= 15 is 0 Å². The number of amides is 1. The predicted octanol–water partition coefficient (Wildman–Crippen LogP) is 1.24. The molecule has 12 heteroatoms. The largest absolute Gasteiger partial charge is 0.481 e. The molecule has 0 spiro atoms. The maximum atomic E-state index is 12.4. The third kappa shape index (κ3) is 5.71. The highest BCUT2D eigenvalue weighted by molar-refractivity contribution is 5.97. The smallest absolute Gasteiger partial charge is 0.326 e. The Morgan fingerprint density at radius 1 is 1.15 bits per heavy atom. The van der Waals surface area contributed by atoms with Gasteiger partial charge in [0.25, 0.3) is 5.91 Å². The number of carboxylic acids is 2. The molecule has 2 heterocycles. The van der Waals surface area contributed by atoms with Crippen LogP contribution in [0, 0.1) is 0 Å². The highest BCUT2D eigenvalue weighted by atomic mass is 16.4. The monoisotopic (exact) mass is 469 g/mol. The van der Waals surface area contributed by atoms with Crippen molar-refractivity contribution >= 4 is 46.3 Å². The van der Waals surface area contributed by atoms with Crippen molar-refractivity contribution in [3.63, 3.8) is 0 Å². The van der Waals surface area contributed by atoms with Gasteiger partial charge < -0.3 is 36.9 Å². The molecule has 12 nitrogen and oxygen atoms in total. The summed E-state index contributed by atoms with van der Waals surface area (Å²) in [5.74, 6) is -2.57. The molecule has 0 saturated heterocycles. The number of aliphatic carboxylic acids is 2. The number of nitrogen functional groups attached to an aromatic ring is 2. The first-order valence-electron chi connectivity index (χ1n) is 10.7. The average molecular weight is 470 g/mol. The molecule has 0 saturated carbocycles. The Bertz CT molecular complexity index is 1190. The molecule has 0 radical (unpaired) electrons. The molecule has 3 aromatic rings. The van der Waals surface area contributed by atoms with E-state index in [1.807, 2.05) is 13.1 Å². The molecule has 1 aromatic carbocycles. The second-order valence-corrected chi connectivity index (χ2v) is 7.68. The van der Waals surface area contributed by atoms with Crippen molar-refractivity contribution < 1.29 is 24.6 Å². The van der Waals surface area contributed by atoms with Crippen LogP contribution in [0.3, 0.4) is 0 Å². The number of carboxylic acid groups (broad SMARTS) is 2. The van der Waals surface area contributed by atoms with Gasteiger partial charge in [-0.2, -0.15) is 9.97 Å². The maximum absolute atomic E-state index is 12.4. The highest BCUT2D eigenvalue weighted by Crippen LogP contribution is 2.24. The Labute approximate surface area is 195 Å². The van der Waals surface area contributed by atoms with Crippen molar-refractivity contribution in [1.82, 2.24) is 20.3 Å². The first-order valence-corrected chi connectivity index (χ1v) is 10.7. The van der Waals surface area contributed by atoms with E-state index in [1.165, 1.54) is 0 Å². The Hall–Kier alpha value is -4.35. The third-order valence-corrected chi connectivity index (χ3v) is 5.44. The molecule has 34 heavy (non-hydrogen) atoms. The predicted molar refractivity (Wildman–Crippen MR) is 127 cm³/mol. The molecule has 2 aromatic heterocycles. The molecule has 3 rings (SSSR count). The summed E-state index contributed by atoms with van der Waals surface area (Å²) in [6.45, 7) is 3.38. The van der Waals surface area contributed by atoms with Crippen LogP contribution in [-0.4, -0.2) is 62.1 Å². The van der Waals surface area contributed by atoms with E-state index in [0.717, 1.165) is 16.6 Å². The number of hydrogen-bond donors (Lipinski definition) is 6. The van der Waals surface area contributed by atoms with Gasteiger partial charge in [0.2, 0.25) is 5.95 Å². The Balaban J connectivity index is 1.66. The zero-order valence-electron chi connectivity index (χ0n) is 18.6. The molecule has 180 valence electrons. The lowest BCUT2D eigenvalue weighted by Gasteiger charge is -2.23. The summed E-state index contributed by atoms with van der Waals surface area (Å²) in [6, 6.07) is 5.48. The van der Waals surface area contributed by atoms with Gasteiger partial charge in [-0.3, -0.25) is 9.59 Å². The normalized spacial score (nSPS) is 11.8. The zero-order chi connectivity index (χ0) is 24.8. The van der Waals surface area contributed by atoms with E-state index in [1.54, 1.807) is 24.3 Å². The van der Waals surface area contributed by atoms with Crippen LogP contribution in [0.25, 0.3) is 11.0 Å². The van der Waals surface area contributed by atoms with Crippen LogP contribution >= 0.6 is 0 Å². The fourth-order valence-corrected chi connectivity index (χ4v) is 3.66. The number of nitrogens with zero attached hydrogens (tertiary/aromatic N) is 3. The van der Waals surface area contributed by atoms with E-state index in [9.17, 15) is 19.5 Å². The van der Waals surface area contributed by atoms with Crippen molar-refractivity contribution in [2.75, 3.05) is 29.5 Å². The number of carbonyl (C=O) groups excluding carboxylic acids is 1. The second kappa shape index (κ2) is 10.5. The average Bonchev–Trinajstić information content (AvgIpc) is 3.20. The van der Waals surface area contributed by atoms with E-state index < -0.39 is 23.9 Å². The first kappa shape index (κ1) is 24.3. The standard InChI is InChI=1S/C22H27N7O5/c1-2-29(10-9-13-11-25-19-17(13)18(23)27-22(24)28-19)14-5-3-12(4-6-14)20(32)26-15(21(33)34)7-8-16(30)31/h3-6,11,15H,2,7-10H2,1H3,(H,26,32)(H,30,31)(H,33,34)(H5,23,24,25,27,28)/t15-/m0/s1. The number of carbonyl (C=O) groups is 3.